The Labute approximate surface area is 200 Å². The molecule has 8 nitrogen and oxygen atoms in total. The Hall–Kier alpha value is -4.85. The van der Waals surface area contributed by atoms with Gasteiger partial charge in [0.25, 0.3) is 0 Å². The minimum Gasteiger partial charge on any atom is -0.420 e. The van der Waals surface area contributed by atoms with Gasteiger partial charge in [0.15, 0.2) is 11.5 Å². The van der Waals surface area contributed by atoms with Crippen molar-refractivity contribution in [1.29, 1.82) is 0 Å². The highest BCUT2D eigenvalue weighted by Gasteiger charge is 2.38. The van der Waals surface area contributed by atoms with Crippen LogP contribution in [0.25, 0.3) is 22.7 Å². The zero-order valence-corrected chi connectivity index (χ0v) is 18.8. The molecule has 1 aliphatic rings. The average Bonchev–Trinajstić information content (AvgIpc) is 3.50. The van der Waals surface area contributed by atoms with E-state index in [1.165, 1.54) is 0 Å². The number of rotatable bonds is 3. The largest absolute Gasteiger partial charge is 0.420 e. The van der Waals surface area contributed by atoms with E-state index < -0.39 is 0 Å². The van der Waals surface area contributed by atoms with Crippen LogP contribution in [0, 0.1) is 6.92 Å². The van der Waals surface area contributed by atoms with Gasteiger partial charge < -0.3 is 4.74 Å². The summed E-state index contributed by atoms with van der Waals surface area (Å²) in [6.07, 6.45) is 5.13. The van der Waals surface area contributed by atoms with E-state index in [0.717, 1.165) is 33.6 Å². The fourth-order valence-electron chi connectivity index (χ4n) is 4.72. The molecule has 0 fully saturated rings. The maximum absolute atomic E-state index is 6.45. The summed E-state index contributed by atoms with van der Waals surface area (Å²) in [4.78, 5) is 13.8. The number of hydrogen-bond acceptors (Lipinski definition) is 6. The van der Waals surface area contributed by atoms with Crippen LogP contribution in [0.3, 0.4) is 0 Å². The maximum Gasteiger partial charge on any atom is 0.230 e. The maximum atomic E-state index is 6.45. The molecule has 6 aromatic rings. The van der Waals surface area contributed by atoms with Gasteiger partial charge in [-0.15, -0.1) is 5.10 Å². The number of aromatic nitrogens is 7. The second kappa shape index (κ2) is 7.59. The van der Waals surface area contributed by atoms with E-state index in [4.69, 9.17) is 14.8 Å². The number of benzene rings is 2. The molecule has 4 aromatic heterocycles. The van der Waals surface area contributed by atoms with Crippen LogP contribution in [0.4, 0.5) is 0 Å². The van der Waals surface area contributed by atoms with Crippen molar-refractivity contribution in [3.8, 4) is 28.8 Å². The molecule has 0 unspecified atom stereocenters. The van der Waals surface area contributed by atoms with E-state index in [1.54, 1.807) is 23.2 Å². The van der Waals surface area contributed by atoms with Gasteiger partial charge in [-0.2, -0.15) is 5.10 Å². The highest BCUT2D eigenvalue weighted by atomic mass is 16.5. The van der Waals surface area contributed by atoms with E-state index in [1.807, 2.05) is 72.3 Å². The molecule has 1 aliphatic heterocycles. The Morgan fingerprint density at radius 3 is 2.43 bits per heavy atom. The van der Waals surface area contributed by atoms with Gasteiger partial charge in [-0.25, -0.2) is 19.2 Å². The fourth-order valence-corrected chi connectivity index (χ4v) is 4.72. The minimum absolute atomic E-state index is 0.172. The predicted molar refractivity (Wildman–Crippen MR) is 130 cm³/mol. The Kier molecular flexibility index (Phi) is 4.25. The highest BCUT2D eigenvalue weighted by molar-refractivity contribution is 5.68. The monoisotopic (exact) mass is 457 g/mol. The van der Waals surface area contributed by atoms with Crippen LogP contribution in [0.5, 0.6) is 11.8 Å². The third-order valence-electron chi connectivity index (χ3n) is 6.27. The highest BCUT2D eigenvalue weighted by Crippen LogP contribution is 2.49. The average molecular weight is 457 g/mol. The van der Waals surface area contributed by atoms with Crippen molar-refractivity contribution in [3.63, 3.8) is 0 Å². The Morgan fingerprint density at radius 1 is 0.857 bits per heavy atom. The first-order chi connectivity index (χ1) is 17.3. The van der Waals surface area contributed by atoms with Gasteiger partial charge in [0.2, 0.25) is 11.8 Å². The third kappa shape index (κ3) is 3.03. The van der Waals surface area contributed by atoms with Crippen molar-refractivity contribution in [2.24, 2.45) is 0 Å². The van der Waals surface area contributed by atoms with Crippen LogP contribution in [0.2, 0.25) is 0 Å². The molecule has 0 amide bonds. The number of ether oxygens (including phenoxy) is 1. The molecule has 0 spiro atoms. The van der Waals surface area contributed by atoms with Crippen molar-refractivity contribution >= 4 is 5.65 Å². The van der Waals surface area contributed by atoms with Crippen molar-refractivity contribution in [3.05, 3.63) is 114 Å². The van der Waals surface area contributed by atoms with E-state index in [9.17, 15) is 0 Å². The molecule has 7 rings (SSSR count). The van der Waals surface area contributed by atoms with Crippen molar-refractivity contribution in [2.75, 3.05) is 0 Å². The first-order valence-corrected chi connectivity index (χ1v) is 11.3. The topological polar surface area (TPSA) is 83.0 Å². The van der Waals surface area contributed by atoms with Gasteiger partial charge >= 0.3 is 0 Å². The van der Waals surface area contributed by atoms with Gasteiger partial charge in [-0.1, -0.05) is 48.5 Å². The van der Waals surface area contributed by atoms with Gasteiger partial charge in [0.05, 0.1) is 28.4 Å². The van der Waals surface area contributed by atoms with Gasteiger partial charge in [0.1, 0.15) is 6.33 Å². The molecule has 1 atom stereocenters. The molecule has 0 aliphatic carbocycles. The number of hydrogen-bond donors (Lipinski definition) is 0. The lowest BCUT2D eigenvalue weighted by Crippen LogP contribution is -2.16. The lowest BCUT2D eigenvalue weighted by molar-refractivity contribution is 0.402. The predicted octanol–water partition coefficient (Wildman–Crippen LogP) is 4.97. The van der Waals surface area contributed by atoms with Crippen LogP contribution in [-0.2, 0) is 0 Å². The molecule has 0 saturated heterocycles. The summed E-state index contributed by atoms with van der Waals surface area (Å²) >= 11 is 0. The summed E-state index contributed by atoms with van der Waals surface area (Å²) in [6.45, 7) is 2.01. The Bertz CT molecular complexity index is 1680. The van der Waals surface area contributed by atoms with Crippen LogP contribution in [-0.4, -0.2) is 34.3 Å². The van der Waals surface area contributed by atoms with Crippen molar-refractivity contribution in [1.82, 2.24) is 34.3 Å². The van der Waals surface area contributed by atoms with Crippen LogP contribution >= 0.6 is 0 Å². The van der Waals surface area contributed by atoms with E-state index in [-0.39, 0.29) is 5.92 Å². The molecule has 0 saturated carbocycles. The van der Waals surface area contributed by atoms with Crippen LogP contribution in [0.1, 0.15) is 28.3 Å². The first-order valence-electron chi connectivity index (χ1n) is 11.3. The molecular weight excluding hydrogens is 438 g/mol. The molecule has 2 aromatic carbocycles. The second-order valence-corrected chi connectivity index (χ2v) is 8.41. The summed E-state index contributed by atoms with van der Waals surface area (Å²) in [5.74, 6) is 1.58. The molecule has 35 heavy (non-hydrogen) atoms. The summed E-state index contributed by atoms with van der Waals surface area (Å²) in [5.41, 5.74) is 6.31. The summed E-state index contributed by atoms with van der Waals surface area (Å²) in [5, 5.41) is 9.54. The van der Waals surface area contributed by atoms with Gasteiger partial charge in [-0.05, 0) is 36.8 Å². The Morgan fingerprint density at radius 2 is 1.66 bits per heavy atom. The summed E-state index contributed by atoms with van der Waals surface area (Å²) in [6, 6.07) is 24.1. The number of nitrogens with zero attached hydrogens (tertiary/aromatic N) is 7. The lowest BCUT2D eigenvalue weighted by Gasteiger charge is -2.26. The number of pyridine rings is 1. The van der Waals surface area contributed by atoms with Crippen LogP contribution < -0.4 is 4.74 Å². The smallest absolute Gasteiger partial charge is 0.230 e. The zero-order valence-electron chi connectivity index (χ0n) is 18.8. The van der Waals surface area contributed by atoms with Crippen molar-refractivity contribution < 1.29 is 4.74 Å². The minimum atomic E-state index is -0.172. The van der Waals surface area contributed by atoms with E-state index in [0.29, 0.717) is 23.2 Å². The SMILES string of the molecule is Cc1nn(-c2ccccc2)c2c1[C@@H](c1ccccc1)c1c(ncn3nc(-c4cccnc4)nc13)O2. The molecule has 168 valence electrons. The third-order valence-corrected chi connectivity index (χ3v) is 6.27. The number of para-hydroxylation sites is 1. The molecule has 0 bridgehead atoms. The molecule has 0 radical (unpaired) electrons. The lowest BCUT2D eigenvalue weighted by atomic mass is 9.84. The number of aryl methyl sites for hydroxylation is 1. The van der Waals surface area contributed by atoms with E-state index >= 15 is 0 Å². The molecule has 0 N–H and O–H groups in total. The molecular formula is C27H19N7O. The van der Waals surface area contributed by atoms with Gasteiger partial charge in [0, 0.05) is 18.0 Å². The van der Waals surface area contributed by atoms with Crippen LogP contribution in [0.15, 0.2) is 91.5 Å². The first kappa shape index (κ1) is 19.6. The summed E-state index contributed by atoms with van der Waals surface area (Å²) in [7, 11) is 0. The normalized spacial score (nSPS) is 14.4. The standard InChI is InChI=1S/C27H19N7O/c1-17-21-22(18-9-4-2-5-10-18)23-25-30-24(19-11-8-14-28-15-19)32-33(25)16-29-26(23)35-27(21)34(31-17)20-12-6-3-7-13-20/h2-16,22H,1H3/t22-/m1/s1. The Balaban J connectivity index is 1.50. The number of fused-ring (bicyclic) bond motifs is 4. The molecule has 5 heterocycles. The zero-order chi connectivity index (χ0) is 23.4. The van der Waals surface area contributed by atoms with Gasteiger partial charge in [-0.3, -0.25) is 4.98 Å². The quantitative estimate of drug-likeness (QED) is 0.373. The van der Waals surface area contributed by atoms with E-state index in [2.05, 4.69) is 27.2 Å². The fraction of sp³-hybridized carbons (Fsp3) is 0.0741. The van der Waals surface area contributed by atoms with Crippen molar-refractivity contribution in [2.45, 2.75) is 12.8 Å². The summed E-state index contributed by atoms with van der Waals surface area (Å²) < 4.78 is 10.0. The second-order valence-electron chi connectivity index (χ2n) is 8.41. The molecule has 8 heteroatoms.